The predicted molar refractivity (Wildman–Crippen MR) is 129 cm³/mol. The average molecular weight is 477 g/mol. The van der Waals surface area contributed by atoms with E-state index < -0.39 is 5.97 Å². The number of rotatable bonds is 5. The van der Waals surface area contributed by atoms with Crippen LogP contribution in [0.5, 0.6) is 11.8 Å². The molecule has 0 spiro atoms. The minimum Gasteiger partial charge on any atom is -0.478 e. The molecule has 2 N–H and O–H groups in total. The molecule has 1 fully saturated rings. The molecular formula is C25H21ClN4O4. The average Bonchev–Trinajstić information content (AvgIpc) is 3.21. The summed E-state index contributed by atoms with van der Waals surface area (Å²) < 4.78 is 5.74. The first-order chi connectivity index (χ1) is 16.4. The molecular weight excluding hydrogens is 456 g/mol. The minimum absolute atomic E-state index is 0.143. The Kier molecular flexibility index (Phi) is 5.67. The van der Waals surface area contributed by atoms with Crippen LogP contribution in [0.3, 0.4) is 0 Å². The van der Waals surface area contributed by atoms with Gasteiger partial charge in [-0.1, -0.05) is 29.8 Å². The van der Waals surface area contributed by atoms with E-state index in [4.69, 9.17) is 16.3 Å². The Balaban J connectivity index is 1.42. The number of aromatic amines is 1. The van der Waals surface area contributed by atoms with Gasteiger partial charge in [0.05, 0.1) is 21.8 Å². The Morgan fingerprint density at radius 2 is 1.91 bits per heavy atom. The molecule has 5 rings (SSSR count). The standard InChI is InChI=1S/C25H21ClN4O4/c1-14-5-10-17(12-18(14)24(32)33)34-25-27-20-13-19(26)22(28-23(20)29-25)15-6-8-16(9-7-15)30-11-3-2-4-21(30)31/h5-10,12-13H,2-4,11H2,1H3,(H,32,33)(H,27,28,29). The molecule has 8 nitrogen and oxygen atoms in total. The number of H-pyrrole nitrogens is 1. The number of nitrogens with one attached hydrogen (secondary N) is 1. The maximum atomic E-state index is 12.2. The highest BCUT2D eigenvalue weighted by Gasteiger charge is 2.20. The molecule has 9 heteroatoms. The molecule has 3 heterocycles. The summed E-state index contributed by atoms with van der Waals surface area (Å²) in [5.74, 6) is -0.540. The van der Waals surface area contributed by atoms with Crippen molar-refractivity contribution in [2.75, 3.05) is 11.4 Å². The molecule has 1 amide bonds. The molecule has 0 aliphatic carbocycles. The number of nitrogens with zero attached hydrogens (tertiary/aromatic N) is 3. The number of pyridine rings is 1. The maximum Gasteiger partial charge on any atom is 0.336 e. The number of carboxylic acid groups (broad SMARTS) is 1. The van der Waals surface area contributed by atoms with Gasteiger partial charge in [-0.2, -0.15) is 4.98 Å². The summed E-state index contributed by atoms with van der Waals surface area (Å²) in [4.78, 5) is 37.4. The van der Waals surface area contributed by atoms with Crippen LogP contribution in [0.2, 0.25) is 5.02 Å². The van der Waals surface area contributed by atoms with Gasteiger partial charge in [-0.3, -0.25) is 4.79 Å². The van der Waals surface area contributed by atoms with Crippen molar-refractivity contribution in [3.8, 4) is 23.0 Å². The summed E-state index contributed by atoms with van der Waals surface area (Å²) in [6.07, 6.45) is 2.52. The number of aryl methyl sites for hydroxylation is 1. The van der Waals surface area contributed by atoms with Gasteiger partial charge >= 0.3 is 12.0 Å². The van der Waals surface area contributed by atoms with E-state index in [0.717, 1.165) is 30.6 Å². The van der Waals surface area contributed by atoms with E-state index in [9.17, 15) is 14.7 Å². The number of benzene rings is 2. The number of fused-ring (bicyclic) bond motifs is 1. The van der Waals surface area contributed by atoms with Crippen LogP contribution in [0, 0.1) is 6.92 Å². The van der Waals surface area contributed by atoms with Gasteiger partial charge in [-0.05, 0) is 55.7 Å². The molecule has 0 saturated carbocycles. The maximum absolute atomic E-state index is 12.2. The molecule has 4 aromatic rings. The smallest absolute Gasteiger partial charge is 0.336 e. The van der Waals surface area contributed by atoms with Crippen LogP contribution in [0.1, 0.15) is 35.2 Å². The first kappa shape index (κ1) is 21.9. The monoisotopic (exact) mass is 476 g/mol. The van der Waals surface area contributed by atoms with E-state index in [1.54, 1.807) is 25.1 Å². The van der Waals surface area contributed by atoms with Crippen molar-refractivity contribution in [3.05, 3.63) is 64.7 Å². The van der Waals surface area contributed by atoms with Gasteiger partial charge in [-0.25, -0.2) is 9.78 Å². The Hall–Kier alpha value is -3.91. The van der Waals surface area contributed by atoms with Crippen molar-refractivity contribution in [2.45, 2.75) is 26.2 Å². The summed E-state index contributed by atoms with van der Waals surface area (Å²) in [5, 5.41) is 9.76. The van der Waals surface area contributed by atoms with Crippen LogP contribution < -0.4 is 9.64 Å². The molecule has 0 radical (unpaired) electrons. The fraction of sp³-hybridized carbons (Fsp3) is 0.200. The summed E-state index contributed by atoms with van der Waals surface area (Å²) in [5.41, 5.74) is 4.02. The number of carbonyl (C=O) groups is 2. The zero-order chi connectivity index (χ0) is 23.8. The number of anilines is 1. The largest absolute Gasteiger partial charge is 0.478 e. The Bertz CT molecular complexity index is 1410. The molecule has 2 aromatic heterocycles. The van der Waals surface area contributed by atoms with E-state index in [0.29, 0.717) is 39.6 Å². The fourth-order valence-corrected chi connectivity index (χ4v) is 4.29. The number of hydrogen-bond acceptors (Lipinski definition) is 5. The lowest BCUT2D eigenvalue weighted by atomic mass is 10.1. The third kappa shape index (κ3) is 4.20. The first-order valence-electron chi connectivity index (χ1n) is 10.9. The number of aromatic nitrogens is 3. The van der Waals surface area contributed by atoms with Gasteiger partial charge in [0, 0.05) is 24.2 Å². The third-order valence-electron chi connectivity index (χ3n) is 5.83. The molecule has 1 aliphatic rings. The van der Waals surface area contributed by atoms with Crippen LogP contribution in [0.15, 0.2) is 48.5 Å². The van der Waals surface area contributed by atoms with Crippen molar-refractivity contribution >= 4 is 40.3 Å². The summed E-state index contributed by atoms with van der Waals surface area (Å²) >= 11 is 6.51. The predicted octanol–water partition coefficient (Wildman–Crippen LogP) is 5.59. The fourth-order valence-electron chi connectivity index (χ4n) is 4.03. The molecule has 172 valence electrons. The van der Waals surface area contributed by atoms with E-state index in [1.165, 1.54) is 6.07 Å². The normalized spacial score (nSPS) is 13.9. The van der Waals surface area contributed by atoms with Gasteiger partial charge in [0.1, 0.15) is 5.75 Å². The van der Waals surface area contributed by atoms with Crippen molar-refractivity contribution in [3.63, 3.8) is 0 Å². The quantitative estimate of drug-likeness (QED) is 0.388. The van der Waals surface area contributed by atoms with Gasteiger partial charge < -0.3 is 19.7 Å². The van der Waals surface area contributed by atoms with Crippen LogP contribution >= 0.6 is 11.6 Å². The molecule has 1 saturated heterocycles. The lowest BCUT2D eigenvalue weighted by Gasteiger charge is -2.26. The molecule has 0 unspecified atom stereocenters. The summed E-state index contributed by atoms with van der Waals surface area (Å²) in [7, 11) is 0. The SMILES string of the molecule is Cc1ccc(Oc2nc3nc(-c4ccc(N5CCCCC5=O)cc4)c(Cl)cc3[nH]2)cc1C(=O)O. The minimum atomic E-state index is -1.03. The highest BCUT2D eigenvalue weighted by Crippen LogP contribution is 2.32. The second kappa shape index (κ2) is 8.79. The number of aromatic carboxylic acids is 1. The van der Waals surface area contributed by atoms with Crippen LogP contribution in [0.25, 0.3) is 22.4 Å². The lowest BCUT2D eigenvalue weighted by molar-refractivity contribution is -0.119. The number of ether oxygens (including phenoxy) is 1. The third-order valence-corrected chi connectivity index (χ3v) is 6.12. The van der Waals surface area contributed by atoms with E-state index in [-0.39, 0.29) is 17.5 Å². The number of halogens is 1. The van der Waals surface area contributed by atoms with Crippen LogP contribution in [-0.2, 0) is 4.79 Å². The highest BCUT2D eigenvalue weighted by molar-refractivity contribution is 6.33. The number of piperidine rings is 1. The van der Waals surface area contributed by atoms with Crippen LogP contribution in [-0.4, -0.2) is 38.5 Å². The zero-order valence-electron chi connectivity index (χ0n) is 18.3. The van der Waals surface area contributed by atoms with E-state index in [1.807, 2.05) is 29.2 Å². The Labute approximate surface area is 200 Å². The first-order valence-corrected chi connectivity index (χ1v) is 11.3. The van der Waals surface area contributed by atoms with Gasteiger partial charge in [0.2, 0.25) is 5.91 Å². The second-order valence-corrected chi connectivity index (χ2v) is 8.57. The Morgan fingerprint density at radius 3 is 2.65 bits per heavy atom. The van der Waals surface area contributed by atoms with Gasteiger partial charge in [-0.15, -0.1) is 0 Å². The molecule has 2 aromatic carbocycles. The van der Waals surface area contributed by atoms with Gasteiger partial charge in [0.15, 0.2) is 5.65 Å². The Morgan fingerprint density at radius 1 is 1.12 bits per heavy atom. The number of imidazole rings is 1. The molecule has 34 heavy (non-hydrogen) atoms. The summed E-state index contributed by atoms with van der Waals surface area (Å²) in [6.45, 7) is 2.45. The summed E-state index contributed by atoms with van der Waals surface area (Å²) in [6, 6.07) is 14.3. The number of carboxylic acids is 1. The van der Waals surface area contributed by atoms with E-state index >= 15 is 0 Å². The molecule has 0 bridgehead atoms. The van der Waals surface area contributed by atoms with Crippen molar-refractivity contribution < 1.29 is 19.4 Å². The van der Waals surface area contributed by atoms with E-state index in [2.05, 4.69) is 15.0 Å². The molecule has 0 atom stereocenters. The number of carbonyl (C=O) groups excluding carboxylic acids is 1. The van der Waals surface area contributed by atoms with Gasteiger partial charge in [0.25, 0.3) is 0 Å². The topological polar surface area (TPSA) is 108 Å². The lowest BCUT2D eigenvalue weighted by Crippen LogP contribution is -2.35. The number of amides is 1. The van der Waals surface area contributed by atoms with Crippen molar-refractivity contribution in [2.24, 2.45) is 0 Å². The zero-order valence-corrected chi connectivity index (χ0v) is 19.1. The number of hydrogen-bond donors (Lipinski definition) is 2. The van der Waals surface area contributed by atoms with Crippen molar-refractivity contribution in [1.82, 2.24) is 15.0 Å². The second-order valence-electron chi connectivity index (χ2n) is 8.17. The highest BCUT2D eigenvalue weighted by atomic mass is 35.5. The van der Waals surface area contributed by atoms with Crippen LogP contribution in [0.4, 0.5) is 5.69 Å². The molecule has 1 aliphatic heterocycles. The van der Waals surface area contributed by atoms with Crippen molar-refractivity contribution in [1.29, 1.82) is 0 Å².